The number of sulfone groups is 1. The van der Waals surface area contributed by atoms with Gasteiger partial charge in [-0.05, 0) is 18.2 Å². The number of carboxylic acid groups (broad SMARTS) is 1. The van der Waals surface area contributed by atoms with Gasteiger partial charge in [-0.3, -0.25) is 4.79 Å². The van der Waals surface area contributed by atoms with Crippen molar-refractivity contribution in [3.63, 3.8) is 0 Å². The van der Waals surface area contributed by atoms with E-state index in [1.807, 2.05) is 24.1 Å². The van der Waals surface area contributed by atoms with Gasteiger partial charge >= 0.3 is 5.97 Å². The van der Waals surface area contributed by atoms with Crippen molar-refractivity contribution < 1.29 is 18.3 Å². The average Bonchev–Trinajstić information content (AvgIpc) is 2.27. The van der Waals surface area contributed by atoms with Gasteiger partial charge in [-0.15, -0.1) is 0 Å². The van der Waals surface area contributed by atoms with Crippen LogP contribution in [0.5, 0.6) is 0 Å². The summed E-state index contributed by atoms with van der Waals surface area (Å²) in [5.74, 6) is -0.767. The van der Waals surface area contributed by atoms with E-state index < -0.39 is 15.8 Å². The van der Waals surface area contributed by atoms with Crippen molar-refractivity contribution in [2.75, 3.05) is 25.6 Å². The number of rotatable bonds is 7. The highest BCUT2D eigenvalue weighted by Crippen LogP contribution is 2.12. The molecule has 0 amide bonds. The van der Waals surface area contributed by atoms with Gasteiger partial charge in [-0.1, -0.05) is 24.3 Å². The van der Waals surface area contributed by atoms with Gasteiger partial charge in [0.05, 0.1) is 12.2 Å². The van der Waals surface area contributed by atoms with Crippen LogP contribution < -0.4 is 0 Å². The summed E-state index contributed by atoms with van der Waals surface area (Å²) >= 11 is 0. The molecule has 0 aromatic heterocycles. The first-order valence-electron chi connectivity index (χ1n) is 5.93. The zero-order valence-electron chi connectivity index (χ0n) is 11.2. The van der Waals surface area contributed by atoms with E-state index in [2.05, 4.69) is 0 Å². The Kier molecular flexibility index (Phi) is 5.50. The zero-order chi connectivity index (χ0) is 14.5. The smallest absolute Gasteiger partial charge is 0.307 e. The fraction of sp³-hybridized carbons (Fsp3) is 0.462. The van der Waals surface area contributed by atoms with E-state index >= 15 is 0 Å². The Morgan fingerprint density at radius 2 is 1.84 bits per heavy atom. The van der Waals surface area contributed by atoms with Crippen LogP contribution in [0.15, 0.2) is 24.3 Å². The van der Waals surface area contributed by atoms with E-state index in [0.717, 1.165) is 11.1 Å². The Morgan fingerprint density at radius 3 is 2.37 bits per heavy atom. The van der Waals surface area contributed by atoms with Gasteiger partial charge in [-0.25, -0.2) is 8.42 Å². The third kappa shape index (κ3) is 6.35. The average molecular weight is 285 g/mol. The first-order valence-corrected chi connectivity index (χ1v) is 7.99. The van der Waals surface area contributed by atoms with Crippen LogP contribution in [0.3, 0.4) is 0 Å². The van der Waals surface area contributed by atoms with Gasteiger partial charge in [0.2, 0.25) is 0 Å². The molecule has 106 valence electrons. The van der Waals surface area contributed by atoms with E-state index in [-0.39, 0.29) is 12.2 Å². The molecule has 5 nitrogen and oxygen atoms in total. The Balaban J connectivity index is 2.68. The number of hydrogen-bond acceptors (Lipinski definition) is 4. The SMILES string of the molecule is CN(CCS(C)(=O)=O)Cc1ccccc1CC(=O)O. The maximum atomic E-state index is 11.1. The minimum Gasteiger partial charge on any atom is -0.481 e. The second-order valence-electron chi connectivity index (χ2n) is 4.71. The van der Waals surface area contributed by atoms with Gasteiger partial charge in [0, 0.05) is 19.3 Å². The topological polar surface area (TPSA) is 74.7 Å². The fourth-order valence-electron chi connectivity index (χ4n) is 1.74. The van der Waals surface area contributed by atoms with Crippen molar-refractivity contribution in [1.82, 2.24) is 4.90 Å². The first-order chi connectivity index (χ1) is 8.78. The molecular formula is C13H19NO4S. The van der Waals surface area contributed by atoms with Crippen LogP contribution in [0.25, 0.3) is 0 Å². The summed E-state index contributed by atoms with van der Waals surface area (Å²) in [4.78, 5) is 12.6. The Hall–Kier alpha value is -1.40. The minimum absolute atomic E-state index is 0.0178. The number of hydrogen-bond donors (Lipinski definition) is 1. The Labute approximate surface area is 113 Å². The normalized spacial score (nSPS) is 11.7. The number of carbonyl (C=O) groups is 1. The largest absolute Gasteiger partial charge is 0.481 e. The van der Waals surface area contributed by atoms with Gasteiger partial charge in [0.1, 0.15) is 9.84 Å². The van der Waals surface area contributed by atoms with Gasteiger partial charge in [0.25, 0.3) is 0 Å². The number of aliphatic carboxylic acids is 1. The van der Waals surface area contributed by atoms with Gasteiger partial charge in [-0.2, -0.15) is 0 Å². The summed E-state index contributed by atoms with van der Waals surface area (Å²) in [6, 6.07) is 7.31. The molecule has 0 aliphatic rings. The highest BCUT2D eigenvalue weighted by Gasteiger charge is 2.10. The predicted molar refractivity (Wildman–Crippen MR) is 73.8 cm³/mol. The van der Waals surface area contributed by atoms with Crippen LogP contribution in [0, 0.1) is 0 Å². The molecule has 0 saturated carbocycles. The third-order valence-electron chi connectivity index (χ3n) is 2.74. The molecule has 0 fully saturated rings. The maximum absolute atomic E-state index is 11.1. The third-order valence-corrected chi connectivity index (χ3v) is 3.67. The minimum atomic E-state index is -2.98. The standard InChI is InChI=1S/C13H19NO4S/c1-14(7-8-19(2,17)18)10-12-6-4-3-5-11(12)9-13(15)16/h3-6H,7-10H2,1-2H3,(H,15,16). The summed E-state index contributed by atoms with van der Waals surface area (Å²) in [7, 11) is -1.15. The van der Waals surface area contributed by atoms with Crippen LogP contribution in [0.2, 0.25) is 0 Å². The molecule has 0 aliphatic heterocycles. The summed E-state index contributed by atoms with van der Waals surface area (Å²) in [5.41, 5.74) is 1.68. The molecule has 1 rings (SSSR count). The lowest BCUT2D eigenvalue weighted by Gasteiger charge is -2.18. The molecule has 0 atom stereocenters. The van der Waals surface area contributed by atoms with Crippen LogP contribution in [0.1, 0.15) is 11.1 Å². The maximum Gasteiger partial charge on any atom is 0.307 e. The molecule has 0 aliphatic carbocycles. The molecule has 0 spiro atoms. The molecule has 1 aromatic rings. The molecule has 1 aromatic carbocycles. The highest BCUT2D eigenvalue weighted by atomic mass is 32.2. The second-order valence-corrected chi connectivity index (χ2v) is 6.97. The van der Waals surface area contributed by atoms with E-state index in [1.165, 1.54) is 6.26 Å². The van der Waals surface area contributed by atoms with Gasteiger partial charge in [0.15, 0.2) is 0 Å². The molecule has 0 unspecified atom stereocenters. The van der Waals surface area contributed by atoms with E-state index in [0.29, 0.717) is 13.1 Å². The summed E-state index contributed by atoms with van der Waals surface area (Å²) < 4.78 is 22.2. The molecule has 0 bridgehead atoms. The van der Waals surface area contributed by atoms with E-state index in [9.17, 15) is 13.2 Å². The van der Waals surface area contributed by atoms with Crippen LogP contribution in [-0.4, -0.2) is 50.0 Å². The van der Waals surface area contributed by atoms with E-state index in [1.54, 1.807) is 12.1 Å². The second kappa shape index (κ2) is 6.68. The van der Waals surface area contributed by atoms with Crippen LogP contribution >= 0.6 is 0 Å². The molecular weight excluding hydrogens is 266 g/mol. The summed E-state index contributed by atoms with van der Waals surface area (Å²) in [5, 5.41) is 8.84. The lowest BCUT2D eigenvalue weighted by molar-refractivity contribution is -0.136. The quantitative estimate of drug-likeness (QED) is 0.801. The van der Waals surface area contributed by atoms with Crippen molar-refractivity contribution in [3.8, 4) is 0 Å². The summed E-state index contributed by atoms with van der Waals surface area (Å²) in [6.07, 6.45) is 1.19. The zero-order valence-corrected chi connectivity index (χ0v) is 12.0. The van der Waals surface area contributed by atoms with Crippen LogP contribution in [-0.2, 0) is 27.6 Å². The number of benzene rings is 1. The van der Waals surface area contributed by atoms with Crippen molar-refractivity contribution in [2.24, 2.45) is 0 Å². The summed E-state index contributed by atoms with van der Waals surface area (Å²) in [6.45, 7) is 0.971. The fourth-order valence-corrected chi connectivity index (χ4v) is 2.38. The molecule has 6 heteroatoms. The molecule has 0 saturated heterocycles. The lowest BCUT2D eigenvalue weighted by atomic mass is 10.0. The molecule has 19 heavy (non-hydrogen) atoms. The molecule has 0 heterocycles. The Morgan fingerprint density at radius 1 is 1.26 bits per heavy atom. The number of nitrogens with zero attached hydrogens (tertiary/aromatic N) is 1. The molecule has 1 N–H and O–H groups in total. The van der Waals surface area contributed by atoms with Crippen molar-refractivity contribution in [2.45, 2.75) is 13.0 Å². The van der Waals surface area contributed by atoms with Crippen molar-refractivity contribution in [3.05, 3.63) is 35.4 Å². The van der Waals surface area contributed by atoms with Crippen LogP contribution in [0.4, 0.5) is 0 Å². The Bertz CT molecular complexity index is 539. The lowest BCUT2D eigenvalue weighted by Crippen LogP contribution is -2.25. The van der Waals surface area contributed by atoms with Crippen molar-refractivity contribution >= 4 is 15.8 Å². The van der Waals surface area contributed by atoms with Crippen molar-refractivity contribution in [1.29, 1.82) is 0 Å². The molecule has 0 radical (unpaired) electrons. The predicted octanol–water partition coefficient (Wildman–Crippen LogP) is 0.790. The highest BCUT2D eigenvalue weighted by molar-refractivity contribution is 7.90. The monoisotopic (exact) mass is 285 g/mol. The number of carboxylic acids is 1. The van der Waals surface area contributed by atoms with E-state index in [4.69, 9.17) is 5.11 Å². The first kappa shape index (κ1) is 15.7. The van der Waals surface area contributed by atoms with Gasteiger partial charge < -0.3 is 10.0 Å².